The van der Waals surface area contributed by atoms with Crippen LogP contribution in [-0.4, -0.2) is 27.2 Å². The quantitative estimate of drug-likeness (QED) is 0.838. The molecule has 5 nitrogen and oxygen atoms in total. The molecule has 0 bridgehead atoms. The lowest BCUT2D eigenvalue weighted by molar-refractivity contribution is -0.144. The third-order valence-corrected chi connectivity index (χ3v) is 5.54. The zero-order chi connectivity index (χ0) is 15.6. The molecule has 0 spiro atoms. The van der Waals surface area contributed by atoms with Crippen LogP contribution in [0.2, 0.25) is 5.02 Å². The number of carbonyl (C=O) groups is 1. The first-order chi connectivity index (χ1) is 9.84. The first-order valence-electron chi connectivity index (χ1n) is 6.69. The normalized spacial score (nSPS) is 19.1. The Labute approximate surface area is 129 Å². The SMILES string of the molecule is COC(=O)[C@H](C)CS(=O)(=O)N[C@H]1CCc2c(Cl)cccc21. The molecule has 2 rings (SSSR count). The molecular formula is C14H18ClNO4S. The zero-order valence-corrected chi connectivity index (χ0v) is 13.5. The van der Waals surface area contributed by atoms with E-state index in [2.05, 4.69) is 9.46 Å². The van der Waals surface area contributed by atoms with Gasteiger partial charge in [-0.3, -0.25) is 4.79 Å². The number of carbonyl (C=O) groups excluding carboxylic acids is 1. The molecule has 2 atom stereocenters. The summed E-state index contributed by atoms with van der Waals surface area (Å²) in [5.74, 6) is -1.52. The summed E-state index contributed by atoms with van der Waals surface area (Å²) in [4.78, 5) is 11.3. The highest BCUT2D eigenvalue weighted by Gasteiger charge is 2.30. The van der Waals surface area contributed by atoms with Gasteiger partial charge in [-0.25, -0.2) is 13.1 Å². The van der Waals surface area contributed by atoms with E-state index in [1.807, 2.05) is 12.1 Å². The number of methoxy groups -OCH3 is 1. The maximum atomic E-state index is 12.2. The Bertz CT molecular complexity index is 644. The van der Waals surface area contributed by atoms with Gasteiger partial charge in [0.25, 0.3) is 0 Å². The molecule has 1 aliphatic rings. The summed E-state index contributed by atoms with van der Waals surface area (Å²) in [6.45, 7) is 1.53. The van der Waals surface area contributed by atoms with Gasteiger partial charge in [0.05, 0.1) is 18.8 Å². The minimum Gasteiger partial charge on any atom is -0.469 e. The summed E-state index contributed by atoms with van der Waals surface area (Å²) in [5, 5.41) is 0.664. The van der Waals surface area contributed by atoms with Crippen LogP contribution in [-0.2, 0) is 26.0 Å². The molecule has 0 radical (unpaired) electrons. The molecule has 116 valence electrons. The van der Waals surface area contributed by atoms with E-state index in [0.717, 1.165) is 17.5 Å². The predicted octanol–water partition coefficient (Wildman–Crippen LogP) is 2.06. The van der Waals surface area contributed by atoms with Gasteiger partial charge in [0, 0.05) is 11.1 Å². The minimum atomic E-state index is -3.57. The van der Waals surface area contributed by atoms with E-state index in [-0.39, 0.29) is 11.8 Å². The average molecular weight is 332 g/mol. The lowest BCUT2D eigenvalue weighted by Gasteiger charge is -2.16. The Kier molecular flexibility index (Phi) is 4.91. The maximum Gasteiger partial charge on any atom is 0.309 e. The number of hydrogen-bond acceptors (Lipinski definition) is 4. The average Bonchev–Trinajstić information content (AvgIpc) is 2.81. The first-order valence-corrected chi connectivity index (χ1v) is 8.72. The Morgan fingerprint density at radius 3 is 2.90 bits per heavy atom. The lowest BCUT2D eigenvalue weighted by atomic mass is 10.1. The highest BCUT2D eigenvalue weighted by molar-refractivity contribution is 7.89. The molecule has 1 N–H and O–H groups in total. The van der Waals surface area contributed by atoms with Crippen molar-refractivity contribution in [1.82, 2.24) is 4.72 Å². The summed E-state index contributed by atoms with van der Waals surface area (Å²) in [5.41, 5.74) is 1.91. The molecule has 1 aromatic rings. The number of ether oxygens (including phenoxy) is 1. The highest BCUT2D eigenvalue weighted by Crippen LogP contribution is 2.35. The van der Waals surface area contributed by atoms with Crippen LogP contribution >= 0.6 is 11.6 Å². The van der Waals surface area contributed by atoms with E-state index in [4.69, 9.17) is 11.6 Å². The van der Waals surface area contributed by atoms with E-state index < -0.39 is 21.9 Å². The Hall–Kier alpha value is -1.11. The number of nitrogens with one attached hydrogen (secondary N) is 1. The van der Waals surface area contributed by atoms with Crippen molar-refractivity contribution in [2.75, 3.05) is 12.9 Å². The van der Waals surface area contributed by atoms with Crippen molar-refractivity contribution in [3.05, 3.63) is 34.3 Å². The largest absolute Gasteiger partial charge is 0.469 e. The number of fused-ring (bicyclic) bond motifs is 1. The van der Waals surface area contributed by atoms with E-state index in [9.17, 15) is 13.2 Å². The molecule has 1 aromatic carbocycles. The van der Waals surface area contributed by atoms with Gasteiger partial charge in [-0.2, -0.15) is 0 Å². The fourth-order valence-electron chi connectivity index (χ4n) is 2.60. The molecule has 0 fully saturated rings. The number of rotatable bonds is 5. The number of esters is 1. The van der Waals surface area contributed by atoms with Crippen LogP contribution in [0.5, 0.6) is 0 Å². The van der Waals surface area contributed by atoms with Crippen molar-refractivity contribution in [2.45, 2.75) is 25.8 Å². The zero-order valence-electron chi connectivity index (χ0n) is 11.9. The Balaban J connectivity index is 2.10. The molecule has 0 saturated heterocycles. The fraction of sp³-hybridized carbons (Fsp3) is 0.500. The van der Waals surface area contributed by atoms with Crippen molar-refractivity contribution in [2.24, 2.45) is 5.92 Å². The molecule has 7 heteroatoms. The van der Waals surface area contributed by atoms with Crippen LogP contribution in [0.3, 0.4) is 0 Å². The van der Waals surface area contributed by atoms with Gasteiger partial charge in [0.15, 0.2) is 0 Å². The number of halogens is 1. The second kappa shape index (κ2) is 6.34. The maximum absolute atomic E-state index is 12.2. The third kappa shape index (κ3) is 3.75. The van der Waals surface area contributed by atoms with Gasteiger partial charge < -0.3 is 4.74 Å². The van der Waals surface area contributed by atoms with Crippen LogP contribution in [0.25, 0.3) is 0 Å². The van der Waals surface area contributed by atoms with Gasteiger partial charge in [0.1, 0.15) is 0 Å². The van der Waals surface area contributed by atoms with Gasteiger partial charge in [-0.05, 0) is 30.0 Å². The summed E-state index contributed by atoms with van der Waals surface area (Å²) in [6.07, 6.45) is 1.42. The fourth-order valence-corrected chi connectivity index (χ4v) is 4.44. The summed E-state index contributed by atoms with van der Waals surface area (Å²) >= 11 is 6.11. The standard InChI is InChI=1S/C14H18ClNO4S/c1-9(14(17)20-2)8-21(18,19)16-13-7-6-10-11(13)4-3-5-12(10)15/h3-5,9,13,16H,6-8H2,1-2H3/t9-,13+/m1/s1. The molecule has 21 heavy (non-hydrogen) atoms. The van der Waals surface area contributed by atoms with Crippen LogP contribution in [0, 0.1) is 5.92 Å². The van der Waals surface area contributed by atoms with Gasteiger partial charge >= 0.3 is 5.97 Å². The monoisotopic (exact) mass is 331 g/mol. The van der Waals surface area contributed by atoms with Crippen molar-refractivity contribution >= 4 is 27.6 Å². The van der Waals surface area contributed by atoms with Crippen molar-refractivity contribution < 1.29 is 17.9 Å². The van der Waals surface area contributed by atoms with Gasteiger partial charge in [-0.1, -0.05) is 30.7 Å². The van der Waals surface area contributed by atoms with Crippen LogP contribution in [0.4, 0.5) is 0 Å². The van der Waals surface area contributed by atoms with Crippen LogP contribution in [0.15, 0.2) is 18.2 Å². The molecule has 1 aliphatic carbocycles. The van der Waals surface area contributed by atoms with Crippen LogP contribution in [0.1, 0.15) is 30.5 Å². The van der Waals surface area contributed by atoms with E-state index >= 15 is 0 Å². The van der Waals surface area contributed by atoms with Gasteiger partial charge in [-0.15, -0.1) is 0 Å². The number of benzene rings is 1. The van der Waals surface area contributed by atoms with Crippen molar-refractivity contribution in [1.29, 1.82) is 0 Å². The number of hydrogen-bond donors (Lipinski definition) is 1. The lowest BCUT2D eigenvalue weighted by Crippen LogP contribution is -2.34. The molecule has 0 unspecified atom stereocenters. The molecule has 0 amide bonds. The van der Waals surface area contributed by atoms with E-state index in [0.29, 0.717) is 11.4 Å². The highest BCUT2D eigenvalue weighted by atomic mass is 35.5. The van der Waals surface area contributed by atoms with Crippen molar-refractivity contribution in [3.63, 3.8) is 0 Å². The summed E-state index contributed by atoms with van der Waals surface area (Å²) < 4.78 is 31.5. The summed E-state index contributed by atoms with van der Waals surface area (Å²) in [6, 6.07) is 5.21. The second-order valence-electron chi connectivity index (χ2n) is 5.22. The smallest absolute Gasteiger partial charge is 0.309 e. The molecular weight excluding hydrogens is 314 g/mol. The van der Waals surface area contributed by atoms with Crippen LogP contribution < -0.4 is 4.72 Å². The third-order valence-electron chi connectivity index (χ3n) is 3.61. The summed E-state index contributed by atoms with van der Waals surface area (Å²) in [7, 11) is -2.32. The van der Waals surface area contributed by atoms with Crippen molar-refractivity contribution in [3.8, 4) is 0 Å². The van der Waals surface area contributed by atoms with E-state index in [1.54, 1.807) is 6.07 Å². The van der Waals surface area contributed by atoms with E-state index in [1.165, 1.54) is 14.0 Å². The topological polar surface area (TPSA) is 72.5 Å². The molecule has 0 saturated carbocycles. The predicted molar refractivity (Wildman–Crippen MR) is 80.6 cm³/mol. The molecule has 0 aliphatic heterocycles. The van der Waals surface area contributed by atoms with Gasteiger partial charge in [0.2, 0.25) is 10.0 Å². The minimum absolute atomic E-state index is 0.284. The Morgan fingerprint density at radius 1 is 1.52 bits per heavy atom. The number of sulfonamides is 1. The second-order valence-corrected chi connectivity index (χ2v) is 7.43. The molecule has 0 aromatic heterocycles. The first kappa shape index (κ1) is 16.3. The Morgan fingerprint density at radius 2 is 2.24 bits per heavy atom. The molecule has 0 heterocycles.